The Balaban J connectivity index is 1.43. The van der Waals surface area contributed by atoms with E-state index in [0.29, 0.717) is 32.8 Å². The van der Waals surface area contributed by atoms with E-state index in [1.165, 1.54) is 10.7 Å². The Morgan fingerprint density at radius 1 is 1.35 bits per heavy atom. The van der Waals surface area contributed by atoms with E-state index in [0.717, 1.165) is 25.7 Å². The molecule has 2 fully saturated rings. The maximum Gasteiger partial charge on any atom is 0.266 e. The van der Waals surface area contributed by atoms with Crippen molar-refractivity contribution in [3.8, 4) is 0 Å². The quantitative estimate of drug-likeness (QED) is 0.753. The van der Waals surface area contributed by atoms with Gasteiger partial charge in [0, 0.05) is 24.7 Å². The van der Waals surface area contributed by atoms with Crippen molar-refractivity contribution in [3.63, 3.8) is 0 Å². The smallest absolute Gasteiger partial charge is 0.266 e. The molecule has 1 spiro atoms. The monoisotopic (exact) mass is 359 g/mol. The Morgan fingerprint density at radius 2 is 2.19 bits per heavy atom. The van der Waals surface area contributed by atoms with Gasteiger partial charge in [-0.3, -0.25) is 9.59 Å². The van der Waals surface area contributed by atoms with E-state index in [2.05, 4.69) is 17.3 Å². The second kappa shape index (κ2) is 7.32. The summed E-state index contributed by atoms with van der Waals surface area (Å²) in [5.74, 6) is 0.266. The molecule has 7 nitrogen and oxygen atoms in total. The van der Waals surface area contributed by atoms with Crippen molar-refractivity contribution in [2.45, 2.75) is 43.9 Å². The Kier molecular flexibility index (Phi) is 4.91. The Morgan fingerprint density at radius 3 is 3.00 bits per heavy atom. The number of amides is 1. The largest absolute Gasteiger partial charge is 0.377 e. The van der Waals surface area contributed by atoms with Crippen LogP contribution in [0.15, 0.2) is 35.3 Å². The molecule has 0 radical (unpaired) electrons. The van der Waals surface area contributed by atoms with Crippen LogP contribution in [-0.2, 0) is 20.8 Å². The standard InChI is InChI=1S/C19H25N3O4/c23-17-6-3-9-20-22(17)12-16-7-8-19(26-16)13-21(10-11-25-14-19)18(24)15-4-1-2-5-15/h1-3,6,9,15-16H,4-5,7-8,10-14H2/t16-,19-/m1/s1. The minimum absolute atomic E-state index is 0.0643. The Bertz CT molecular complexity index is 738. The summed E-state index contributed by atoms with van der Waals surface area (Å²) in [5.41, 5.74) is -0.596. The maximum atomic E-state index is 12.8. The van der Waals surface area contributed by atoms with E-state index in [-0.39, 0.29) is 23.5 Å². The van der Waals surface area contributed by atoms with Gasteiger partial charge in [0.1, 0.15) is 5.60 Å². The minimum atomic E-state index is -0.471. The molecule has 1 aromatic heterocycles. The van der Waals surface area contributed by atoms with E-state index in [1.54, 1.807) is 12.3 Å². The SMILES string of the molecule is O=C(C1CC=CC1)N1CCOC[C@@]2(CC[C@H](Cn3ncccc3=O)O2)C1. The van der Waals surface area contributed by atoms with Gasteiger partial charge in [-0.05, 0) is 31.7 Å². The fourth-order valence-electron chi connectivity index (χ4n) is 4.13. The van der Waals surface area contributed by atoms with Crippen LogP contribution in [0.2, 0.25) is 0 Å². The number of carbonyl (C=O) groups excluding carboxylic acids is 1. The van der Waals surface area contributed by atoms with Crippen LogP contribution < -0.4 is 5.56 Å². The maximum absolute atomic E-state index is 12.8. The van der Waals surface area contributed by atoms with Crippen molar-refractivity contribution < 1.29 is 14.3 Å². The first-order valence-corrected chi connectivity index (χ1v) is 9.37. The molecular weight excluding hydrogens is 334 g/mol. The molecule has 3 aliphatic rings. The topological polar surface area (TPSA) is 73.7 Å². The van der Waals surface area contributed by atoms with Crippen LogP contribution in [0.4, 0.5) is 0 Å². The molecule has 3 heterocycles. The summed E-state index contributed by atoms with van der Waals surface area (Å²) in [6.07, 6.45) is 9.00. The van der Waals surface area contributed by atoms with Gasteiger partial charge in [-0.2, -0.15) is 5.10 Å². The van der Waals surface area contributed by atoms with Crippen molar-refractivity contribution in [2.75, 3.05) is 26.3 Å². The highest BCUT2D eigenvalue weighted by Crippen LogP contribution is 2.34. The number of rotatable bonds is 3. The van der Waals surface area contributed by atoms with Gasteiger partial charge in [-0.1, -0.05) is 12.2 Å². The van der Waals surface area contributed by atoms with E-state index < -0.39 is 5.60 Å². The molecule has 2 aliphatic heterocycles. The van der Waals surface area contributed by atoms with Gasteiger partial charge in [-0.25, -0.2) is 4.68 Å². The molecule has 7 heteroatoms. The van der Waals surface area contributed by atoms with Gasteiger partial charge in [0.2, 0.25) is 5.91 Å². The summed E-state index contributed by atoms with van der Waals surface area (Å²) in [7, 11) is 0. The lowest BCUT2D eigenvalue weighted by Crippen LogP contribution is -2.48. The first kappa shape index (κ1) is 17.4. The van der Waals surface area contributed by atoms with Crippen LogP contribution in [0, 0.1) is 5.92 Å². The molecule has 0 unspecified atom stereocenters. The number of ether oxygens (including phenoxy) is 2. The van der Waals surface area contributed by atoms with E-state index >= 15 is 0 Å². The molecule has 0 aromatic carbocycles. The van der Waals surface area contributed by atoms with Crippen molar-refractivity contribution >= 4 is 5.91 Å². The fraction of sp³-hybridized carbons (Fsp3) is 0.632. The second-order valence-electron chi connectivity index (χ2n) is 7.46. The predicted octanol–water partition coefficient (Wildman–Crippen LogP) is 0.986. The Labute approximate surface area is 152 Å². The number of aromatic nitrogens is 2. The molecule has 1 amide bonds. The summed E-state index contributed by atoms with van der Waals surface area (Å²) < 4.78 is 13.6. The van der Waals surface area contributed by atoms with Gasteiger partial charge < -0.3 is 14.4 Å². The van der Waals surface area contributed by atoms with E-state index in [4.69, 9.17) is 9.47 Å². The van der Waals surface area contributed by atoms with Gasteiger partial charge in [0.15, 0.2) is 0 Å². The first-order valence-electron chi connectivity index (χ1n) is 9.37. The molecule has 1 aromatic rings. The average molecular weight is 359 g/mol. The number of hydrogen-bond donors (Lipinski definition) is 0. The van der Waals surface area contributed by atoms with Gasteiger partial charge in [0.05, 0.1) is 32.4 Å². The highest BCUT2D eigenvalue weighted by atomic mass is 16.6. The molecule has 0 N–H and O–H groups in total. The van der Waals surface area contributed by atoms with Crippen molar-refractivity contribution in [1.29, 1.82) is 0 Å². The molecule has 140 valence electrons. The summed E-state index contributed by atoms with van der Waals surface area (Å²) in [4.78, 5) is 26.6. The molecule has 1 aliphatic carbocycles. The molecule has 2 atom stereocenters. The normalized spacial score (nSPS) is 29.4. The lowest BCUT2D eigenvalue weighted by Gasteiger charge is -2.33. The van der Waals surface area contributed by atoms with Crippen LogP contribution in [0.25, 0.3) is 0 Å². The average Bonchev–Trinajstić information content (AvgIpc) is 3.25. The van der Waals surface area contributed by atoms with E-state index in [1.807, 2.05) is 4.90 Å². The van der Waals surface area contributed by atoms with Gasteiger partial charge in [-0.15, -0.1) is 0 Å². The third-order valence-electron chi connectivity index (χ3n) is 5.52. The zero-order chi connectivity index (χ0) is 18.0. The zero-order valence-electron chi connectivity index (χ0n) is 14.9. The molecule has 26 heavy (non-hydrogen) atoms. The number of hydrogen-bond acceptors (Lipinski definition) is 5. The Hall–Kier alpha value is -1.99. The van der Waals surface area contributed by atoms with Crippen molar-refractivity contribution in [2.24, 2.45) is 5.92 Å². The predicted molar refractivity (Wildman–Crippen MR) is 94.6 cm³/mol. The van der Waals surface area contributed by atoms with Crippen LogP contribution in [0.1, 0.15) is 25.7 Å². The molecule has 0 saturated carbocycles. The molecular formula is C19H25N3O4. The third kappa shape index (κ3) is 3.59. The third-order valence-corrected chi connectivity index (χ3v) is 5.52. The fourth-order valence-corrected chi connectivity index (χ4v) is 4.13. The van der Waals surface area contributed by atoms with Crippen LogP contribution in [0.3, 0.4) is 0 Å². The van der Waals surface area contributed by atoms with Gasteiger partial charge in [0.25, 0.3) is 5.56 Å². The highest BCUT2D eigenvalue weighted by molar-refractivity contribution is 5.79. The first-order chi connectivity index (χ1) is 12.7. The zero-order valence-corrected chi connectivity index (χ0v) is 14.9. The van der Waals surface area contributed by atoms with Crippen LogP contribution in [-0.4, -0.2) is 58.6 Å². The van der Waals surface area contributed by atoms with Crippen LogP contribution >= 0.6 is 0 Å². The van der Waals surface area contributed by atoms with Crippen LogP contribution in [0.5, 0.6) is 0 Å². The molecule has 0 bridgehead atoms. The van der Waals surface area contributed by atoms with E-state index in [9.17, 15) is 9.59 Å². The van der Waals surface area contributed by atoms with Crippen molar-refractivity contribution in [3.05, 3.63) is 40.8 Å². The summed E-state index contributed by atoms with van der Waals surface area (Å²) in [6.45, 7) is 2.65. The highest BCUT2D eigenvalue weighted by Gasteiger charge is 2.44. The summed E-state index contributed by atoms with van der Waals surface area (Å²) in [5, 5.41) is 4.11. The molecule has 2 saturated heterocycles. The lowest BCUT2D eigenvalue weighted by atomic mass is 9.98. The summed E-state index contributed by atoms with van der Waals surface area (Å²) in [6, 6.07) is 3.14. The lowest BCUT2D eigenvalue weighted by molar-refractivity contribution is -0.140. The second-order valence-corrected chi connectivity index (χ2v) is 7.46. The van der Waals surface area contributed by atoms with Crippen molar-refractivity contribution in [1.82, 2.24) is 14.7 Å². The number of nitrogens with zero attached hydrogens (tertiary/aromatic N) is 3. The summed E-state index contributed by atoms with van der Waals surface area (Å²) >= 11 is 0. The number of allylic oxidation sites excluding steroid dienone is 2. The van der Waals surface area contributed by atoms with Gasteiger partial charge >= 0.3 is 0 Å². The minimum Gasteiger partial charge on any atom is -0.377 e. The number of carbonyl (C=O) groups is 1. The molecule has 4 rings (SSSR count).